The molecule has 0 aliphatic carbocycles. The number of hydrogen-bond donors (Lipinski definition) is 1. The third-order valence-electron chi connectivity index (χ3n) is 4.10. The molecule has 0 saturated heterocycles. The molecule has 1 heterocycles. The van der Waals surface area contributed by atoms with E-state index in [1.54, 1.807) is 0 Å². The maximum absolute atomic E-state index is 10.3. The van der Waals surface area contributed by atoms with Crippen LogP contribution in [0.3, 0.4) is 0 Å². The lowest BCUT2D eigenvalue weighted by Gasteiger charge is -2.31. The Balaban J connectivity index is 1.73. The molecule has 2 unspecified atom stereocenters. The molecule has 0 fully saturated rings. The molecule has 3 atom stereocenters. The predicted octanol–water partition coefficient (Wildman–Crippen LogP) is 4.83. The van der Waals surface area contributed by atoms with Crippen LogP contribution in [-0.2, 0) is 0 Å². The van der Waals surface area contributed by atoms with E-state index in [2.05, 4.69) is 47.1 Å². The van der Waals surface area contributed by atoms with Gasteiger partial charge in [0.25, 0.3) is 0 Å². The SMILES string of the molecule is CC(CC1C[C@@H](O)c2cc(Br)ccc2O1)c1ccccc1. The number of ether oxygens (including phenoxy) is 1. The smallest absolute Gasteiger partial charge is 0.125 e. The first-order valence-corrected chi connectivity index (χ1v) is 8.12. The molecular formula is C18H19BrO2. The fourth-order valence-corrected chi connectivity index (χ4v) is 3.33. The second-order valence-electron chi connectivity index (χ2n) is 5.72. The van der Waals surface area contributed by atoms with Gasteiger partial charge in [-0.15, -0.1) is 0 Å². The summed E-state index contributed by atoms with van der Waals surface area (Å²) in [7, 11) is 0. The molecule has 3 rings (SSSR count). The van der Waals surface area contributed by atoms with Crippen LogP contribution >= 0.6 is 15.9 Å². The first kappa shape index (κ1) is 14.6. The lowest BCUT2D eigenvalue weighted by molar-refractivity contribution is 0.0589. The zero-order chi connectivity index (χ0) is 14.8. The molecule has 0 aromatic heterocycles. The second kappa shape index (κ2) is 6.20. The predicted molar refractivity (Wildman–Crippen MR) is 87.6 cm³/mol. The normalized spacial score (nSPS) is 22.2. The van der Waals surface area contributed by atoms with Crippen LogP contribution < -0.4 is 4.74 Å². The molecule has 21 heavy (non-hydrogen) atoms. The van der Waals surface area contributed by atoms with E-state index >= 15 is 0 Å². The van der Waals surface area contributed by atoms with Crippen LogP contribution in [0.5, 0.6) is 5.75 Å². The van der Waals surface area contributed by atoms with Crippen molar-refractivity contribution in [3.8, 4) is 5.75 Å². The molecule has 0 bridgehead atoms. The van der Waals surface area contributed by atoms with E-state index in [0.717, 1.165) is 22.2 Å². The van der Waals surface area contributed by atoms with Gasteiger partial charge >= 0.3 is 0 Å². The number of halogens is 1. The van der Waals surface area contributed by atoms with Gasteiger partial charge in [-0.3, -0.25) is 0 Å². The van der Waals surface area contributed by atoms with Crippen LogP contribution in [0.15, 0.2) is 53.0 Å². The molecule has 2 nitrogen and oxygen atoms in total. The van der Waals surface area contributed by atoms with Crippen molar-refractivity contribution in [3.63, 3.8) is 0 Å². The van der Waals surface area contributed by atoms with Gasteiger partial charge in [0.1, 0.15) is 11.9 Å². The second-order valence-corrected chi connectivity index (χ2v) is 6.64. The Kier molecular flexibility index (Phi) is 4.32. The van der Waals surface area contributed by atoms with Crippen molar-refractivity contribution < 1.29 is 9.84 Å². The van der Waals surface area contributed by atoms with Crippen LogP contribution in [0.4, 0.5) is 0 Å². The average Bonchev–Trinajstić information content (AvgIpc) is 2.49. The van der Waals surface area contributed by atoms with E-state index < -0.39 is 6.10 Å². The minimum Gasteiger partial charge on any atom is -0.490 e. The highest BCUT2D eigenvalue weighted by molar-refractivity contribution is 9.10. The number of fused-ring (bicyclic) bond motifs is 1. The van der Waals surface area contributed by atoms with Gasteiger partial charge in [0.05, 0.1) is 6.10 Å². The highest BCUT2D eigenvalue weighted by Gasteiger charge is 2.28. The Morgan fingerprint density at radius 2 is 2.00 bits per heavy atom. The number of aliphatic hydroxyl groups is 1. The Morgan fingerprint density at radius 3 is 2.76 bits per heavy atom. The molecule has 3 heteroatoms. The van der Waals surface area contributed by atoms with Crippen LogP contribution in [0.25, 0.3) is 0 Å². The van der Waals surface area contributed by atoms with Crippen molar-refractivity contribution in [2.75, 3.05) is 0 Å². The first-order chi connectivity index (χ1) is 10.1. The number of aliphatic hydroxyl groups excluding tert-OH is 1. The summed E-state index contributed by atoms with van der Waals surface area (Å²) >= 11 is 3.44. The Morgan fingerprint density at radius 1 is 1.24 bits per heavy atom. The summed E-state index contributed by atoms with van der Waals surface area (Å²) in [6, 6.07) is 16.3. The molecule has 2 aromatic carbocycles. The Bertz CT molecular complexity index is 612. The van der Waals surface area contributed by atoms with Crippen molar-refractivity contribution >= 4 is 15.9 Å². The van der Waals surface area contributed by atoms with Gasteiger partial charge in [-0.1, -0.05) is 53.2 Å². The van der Waals surface area contributed by atoms with Gasteiger partial charge in [0.15, 0.2) is 0 Å². The van der Waals surface area contributed by atoms with Gasteiger partial charge < -0.3 is 9.84 Å². The van der Waals surface area contributed by atoms with Crippen LogP contribution in [0, 0.1) is 0 Å². The Labute approximate surface area is 133 Å². The molecule has 1 aliphatic rings. The Hall–Kier alpha value is -1.32. The van der Waals surface area contributed by atoms with Gasteiger partial charge in [-0.2, -0.15) is 0 Å². The first-order valence-electron chi connectivity index (χ1n) is 7.32. The summed E-state index contributed by atoms with van der Waals surface area (Å²) in [6.45, 7) is 2.21. The fourth-order valence-electron chi connectivity index (χ4n) is 2.95. The molecule has 0 saturated carbocycles. The van der Waals surface area contributed by atoms with E-state index in [1.807, 2.05) is 24.3 Å². The van der Waals surface area contributed by atoms with Crippen LogP contribution in [0.1, 0.15) is 42.9 Å². The van der Waals surface area contributed by atoms with Gasteiger partial charge in [0.2, 0.25) is 0 Å². The minimum absolute atomic E-state index is 0.0591. The van der Waals surface area contributed by atoms with Crippen molar-refractivity contribution in [2.45, 2.75) is 37.9 Å². The fraction of sp³-hybridized carbons (Fsp3) is 0.333. The highest BCUT2D eigenvalue weighted by Crippen LogP contribution is 2.38. The van der Waals surface area contributed by atoms with Crippen molar-refractivity contribution in [3.05, 3.63) is 64.1 Å². The largest absolute Gasteiger partial charge is 0.490 e. The van der Waals surface area contributed by atoms with E-state index in [4.69, 9.17) is 4.74 Å². The minimum atomic E-state index is -0.445. The summed E-state index contributed by atoms with van der Waals surface area (Å²) in [5, 5.41) is 10.3. The van der Waals surface area contributed by atoms with E-state index in [1.165, 1.54) is 5.56 Å². The summed E-state index contributed by atoms with van der Waals surface area (Å²) < 4.78 is 7.04. The zero-order valence-corrected chi connectivity index (χ0v) is 13.6. The number of benzene rings is 2. The monoisotopic (exact) mass is 346 g/mol. The maximum atomic E-state index is 10.3. The summed E-state index contributed by atoms with van der Waals surface area (Å²) in [5.74, 6) is 1.22. The summed E-state index contributed by atoms with van der Waals surface area (Å²) in [6.07, 6.45) is 1.18. The molecule has 0 amide bonds. The molecule has 1 N–H and O–H groups in total. The molecule has 2 aromatic rings. The van der Waals surface area contributed by atoms with E-state index in [9.17, 15) is 5.11 Å². The van der Waals surface area contributed by atoms with Gasteiger partial charge in [-0.05, 0) is 36.1 Å². The third kappa shape index (κ3) is 3.30. The maximum Gasteiger partial charge on any atom is 0.125 e. The topological polar surface area (TPSA) is 29.5 Å². The van der Waals surface area contributed by atoms with Crippen molar-refractivity contribution in [2.24, 2.45) is 0 Å². The average molecular weight is 347 g/mol. The number of rotatable bonds is 3. The molecule has 0 radical (unpaired) electrons. The van der Waals surface area contributed by atoms with Crippen LogP contribution in [-0.4, -0.2) is 11.2 Å². The summed E-state index contributed by atoms with van der Waals surface area (Å²) in [4.78, 5) is 0. The quantitative estimate of drug-likeness (QED) is 0.862. The molecule has 1 aliphatic heterocycles. The molecule has 0 spiro atoms. The van der Waals surface area contributed by atoms with Crippen LogP contribution in [0.2, 0.25) is 0 Å². The van der Waals surface area contributed by atoms with E-state index in [0.29, 0.717) is 12.3 Å². The summed E-state index contributed by atoms with van der Waals surface area (Å²) in [5.41, 5.74) is 2.20. The lowest BCUT2D eigenvalue weighted by atomic mass is 9.90. The number of hydrogen-bond acceptors (Lipinski definition) is 2. The third-order valence-corrected chi connectivity index (χ3v) is 4.59. The lowest BCUT2D eigenvalue weighted by Crippen LogP contribution is -2.27. The standard InChI is InChI=1S/C18H19BrO2/c1-12(13-5-3-2-4-6-13)9-15-11-17(20)16-10-14(19)7-8-18(16)21-15/h2-8,10,12,15,17,20H,9,11H2,1H3/t12?,15?,17-/m1/s1. The molecule has 110 valence electrons. The molecular weight excluding hydrogens is 328 g/mol. The van der Waals surface area contributed by atoms with Crippen molar-refractivity contribution in [1.29, 1.82) is 0 Å². The van der Waals surface area contributed by atoms with Gasteiger partial charge in [-0.25, -0.2) is 0 Å². The van der Waals surface area contributed by atoms with Gasteiger partial charge in [0, 0.05) is 16.5 Å². The zero-order valence-electron chi connectivity index (χ0n) is 12.0. The van der Waals surface area contributed by atoms with Crippen molar-refractivity contribution in [1.82, 2.24) is 0 Å². The highest BCUT2D eigenvalue weighted by atomic mass is 79.9. The van der Waals surface area contributed by atoms with E-state index in [-0.39, 0.29) is 6.10 Å².